The smallest absolute Gasteiger partial charge is 0.229 e. The average molecular weight is 347 g/mol. The van der Waals surface area contributed by atoms with Crippen LogP contribution >= 0.6 is 0 Å². The maximum Gasteiger partial charge on any atom is 0.229 e. The van der Waals surface area contributed by atoms with Crippen LogP contribution in [0.1, 0.15) is 12.8 Å². The molecular formula is C20H17N3O3. The Bertz CT molecular complexity index is 948. The minimum atomic E-state index is -0.129. The van der Waals surface area contributed by atoms with Gasteiger partial charge in [0.25, 0.3) is 0 Å². The molecule has 0 radical (unpaired) electrons. The van der Waals surface area contributed by atoms with Crippen molar-refractivity contribution >= 4 is 22.7 Å². The van der Waals surface area contributed by atoms with Crippen LogP contribution in [0.15, 0.2) is 54.9 Å². The van der Waals surface area contributed by atoms with Gasteiger partial charge in [0.1, 0.15) is 12.4 Å². The largest absolute Gasteiger partial charge is 0.490 e. The van der Waals surface area contributed by atoms with Crippen LogP contribution in [-0.4, -0.2) is 39.8 Å². The second-order valence-electron chi connectivity index (χ2n) is 6.05. The summed E-state index contributed by atoms with van der Waals surface area (Å²) in [6.45, 7) is 0.529. The molecule has 0 N–H and O–H groups in total. The molecule has 6 heteroatoms. The van der Waals surface area contributed by atoms with Crippen molar-refractivity contribution in [1.82, 2.24) is 14.9 Å². The van der Waals surface area contributed by atoms with Crippen LogP contribution in [0.25, 0.3) is 22.2 Å². The number of hydrogen-bond donors (Lipinski definition) is 0. The fourth-order valence-electron chi connectivity index (χ4n) is 3.06. The van der Waals surface area contributed by atoms with Crippen LogP contribution in [-0.2, 0) is 9.59 Å². The van der Waals surface area contributed by atoms with Gasteiger partial charge in [-0.1, -0.05) is 24.3 Å². The van der Waals surface area contributed by atoms with Crippen LogP contribution < -0.4 is 4.74 Å². The Labute approximate surface area is 150 Å². The molecule has 6 nitrogen and oxygen atoms in total. The lowest BCUT2D eigenvalue weighted by atomic mass is 10.1. The van der Waals surface area contributed by atoms with Gasteiger partial charge in [-0.2, -0.15) is 0 Å². The van der Waals surface area contributed by atoms with E-state index in [1.165, 1.54) is 4.90 Å². The van der Waals surface area contributed by atoms with Crippen LogP contribution in [0.3, 0.4) is 0 Å². The number of amides is 2. The zero-order valence-electron chi connectivity index (χ0n) is 14.1. The molecule has 4 rings (SSSR count). The number of fused-ring (bicyclic) bond motifs is 1. The average Bonchev–Trinajstić information content (AvgIpc) is 3.00. The molecule has 0 atom stereocenters. The van der Waals surface area contributed by atoms with E-state index < -0.39 is 0 Å². The predicted octanol–water partition coefficient (Wildman–Crippen LogP) is 2.82. The van der Waals surface area contributed by atoms with Gasteiger partial charge in [-0.25, -0.2) is 0 Å². The molecule has 0 saturated carbocycles. The molecule has 3 aromatic rings. The Morgan fingerprint density at radius 1 is 0.962 bits per heavy atom. The fourth-order valence-corrected chi connectivity index (χ4v) is 3.06. The molecule has 0 aliphatic carbocycles. The van der Waals surface area contributed by atoms with Crippen molar-refractivity contribution in [3.05, 3.63) is 54.9 Å². The summed E-state index contributed by atoms with van der Waals surface area (Å²) in [6.07, 6.45) is 4.01. The van der Waals surface area contributed by atoms with E-state index >= 15 is 0 Å². The summed E-state index contributed by atoms with van der Waals surface area (Å²) in [6, 6.07) is 13.6. The predicted molar refractivity (Wildman–Crippen MR) is 96.4 cm³/mol. The third-order valence-electron chi connectivity index (χ3n) is 4.38. The van der Waals surface area contributed by atoms with Crippen molar-refractivity contribution in [3.63, 3.8) is 0 Å². The summed E-state index contributed by atoms with van der Waals surface area (Å²) >= 11 is 0. The molecule has 0 spiro atoms. The number of para-hydroxylation sites is 1. The van der Waals surface area contributed by atoms with E-state index in [0.29, 0.717) is 18.6 Å². The first-order valence-electron chi connectivity index (χ1n) is 8.48. The van der Waals surface area contributed by atoms with E-state index in [9.17, 15) is 9.59 Å². The highest BCUT2D eigenvalue weighted by Gasteiger charge is 2.28. The highest BCUT2D eigenvalue weighted by atomic mass is 16.5. The van der Waals surface area contributed by atoms with Gasteiger partial charge in [0.2, 0.25) is 11.8 Å². The number of carbonyl (C=O) groups excluding carboxylic acids is 2. The summed E-state index contributed by atoms with van der Waals surface area (Å²) in [5, 5.41) is 1.06. The van der Waals surface area contributed by atoms with E-state index in [2.05, 4.69) is 9.97 Å². The van der Waals surface area contributed by atoms with E-state index in [1.807, 2.05) is 42.5 Å². The second kappa shape index (κ2) is 6.92. The number of carbonyl (C=O) groups is 2. The van der Waals surface area contributed by atoms with E-state index in [0.717, 1.165) is 22.2 Å². The third-order valence-corrected chi connectivity index (χ3v) is 4.38. The van der Waals surface area contributed by atoms with Crippen molar-refractivity contribution in [3.8, 4) is 17.0 Å². The van der Waals surface area contributed by atoms with Crippen molar-refractivity contribution in [1.29, 1.82) is 0 Å². The molecule has 0 bridgehead atoms. The van der Waals surface area contributed by atoms with Gasteiger partial charge in [-0.3, -0.25) is 24.5 Å². The van der Waals surface area contributed by atoms with Crippen LogP contribution in [0.2, 0.25) is 0 Å². The van der Waals surface area contributed by atoms with Gasteiger partial charge < -0.3 is 4.74 Å². The first-order valence-corrected chi connectivity index (χ1v) is 8.48. The molecule has 2 amide bonds. The molecule has 1 saturated heterocycles. The Morgan fingerprint density at radius 2 is 1.77 bits per heavy atom. The number of benzene rings is 1. The molecule has 26 heavy (non-hydrogen) atoms. The van der Waals surface area contributed by atoms with Gasteiger partial charge in [-0.05, 0) is 18.2 Å². The highest BCUT2D eigenvalue weighted by molar-refractivity contribution is 6.01. The van der Waals surface area contributed by atoms with Crippen LogP contribution in [0, 0.1) is 0 Å². The summed E-state index contributed by atoms with van der Waals surface area (Å²) in [4.78, 5) is 33.3. The van der Waals surface area contributed by atoms with Gasteiger partial charge >= 0.3 is 0 Å². The maximum atomic E-state index is 11.6. The normalized spacial score (nSPS) is 14.2. The van der Waals surface area contributed by atoms with Gasteiger partial charge in [0.15, 0.2) is 0 Å². The Kier molecular flexibility index (Phi) is 4.31. The lowest BCUT2D eigenvalue weighted by Gasteiger charge is -2.14. The minimum Gasteiger partial charge on any atom is -0.490 e. The summed E-state index contributed by atoms with van der Waals surface area (Å²) in [7, 11) is 0. The number of nitrogens with zero attached hydrogens (tertiary/aromatic N) is 3. The number of pyridine rings is 2. The molecule has 1 aliphatic heterocycles. The molecule has 3 heterocycles. The van der Waals surface area contributed by atoms with Crippen molar-refractivity contribution in [2.24, 2.45) is 0 Å². The molecule has 1 aromatic carbocycles. The monoisotopic (exact) mass is 347 g/mol. The summed E-state index contributed by atoms with van der Waals surface area (Å²) in [5.74, 6) is 0.340. The lowest BCUT2D eigenvalue weighted by Crippen LogP contribution is -2.33. The van der Waals surface area contributed by atoms with Gasteiger partial charge in [0, 0.05) is 30.0 Å². The number of ether oxygens (including phenoxy) is 1. The lowest BCUT2D eigenvalue weighted by molar-refractivity contribution is -0.138. The summed E-state index contributed by atoms with van der Waals surface area (Å²) < 4.78 is 5.62. The van der Waals surface area contributed by atoms with Crippen LogP contribution in [0.4, 0.5) is 0 Å². The van der Waals surface area contributed by atoms with Crippen molar-refractivity contribution in [2.45, 2.75) is 12.8 Å². The summed E-state index contributed by atoms with van der Waals surface area (Å²) in [5.41, 5.74) is 2.68. The van der Waals surface area contributed by atoms with Gasteiger partial charge in [0.05, 0.1) is 24.0 Å². The zero-order valence-corrected chi connectivity index (χ0v) is 14.1. The third kappa shape index (κ3) is 3.13. The standard InChI is InChI=1S/C20H17N3O3/c24-18-8-9-19(25)23(18)11-12-26-15-6-7-17(22-13-15)16-5-1-3-14-4-2-10-21-20(14)16/h1-7,10,13H,8-9,11-12H2. The first kappa shape index (κ1) is 16.2. The molecular weight excluding hydrogens is 330 g/mol. The Hall–Kier alpha value is -3.28. The maximum absolute atomic E-state index is 11.6. The SMILES string of the molecule is O=C1CCC(=O)N1CCOc1ccc(-c2cccc3cccnc23)nc1. The van der Waals surface area contributed by atoms with E-state index in [-0.39, 0.29) is 25.0 Å². The quantitative estimate of drug-likeness (QED) is 0.664. The van der Waals surface area contributed by atoms with Crippen LogP contribution in [0.5, 0.6) is 5.75 Å². The second-order valence-corrected chi connectivity index (χ2v) is 6.05. The molecule has 2 aromatic heterocycles. The van der Waals surface area contributed by atoms with E-state index in [1.54, 1.807) is 12.4 Å². The highest BCUT2D eigenvalue weighted by Crippen LogP contribution is 2.26. The van der Waals surface area contributed by atoms with Crippen molar-refractivity contribution in [2.75, 3.05) is 13.2 Å². The molecule has 130 valence electrons. The minimum absolute atomic E-state index is 0.129. The zero-order chi connectivity index (χ0) is 17.9. The molecule has 0 unspecified atom stereocenters. The van der Waals surface area contributed by atoms with Gasteiger partial charge in [-0.15, -0.1) is 0 Å². The topological polar surface area (TPSA) is 72.4 Å². The van der Waals surface area contributed by atoms with E-state index in [4.69, 9.17) is 4.74 Å². The number of rotatable bonds is 5. The molecule has 1 aliphatic rings. The fraction of sp³-hybridized carbons (Fsp3) is 0.200. The Balaban J connectivity index is 1.45. The molecule has 1 fully saturated rings. The first-order chi connectivity index (χ1) is 12.7. The number of hydrogen-bond acceptors (Lipinski definition) is 5. The number of aromatic nitrogens is 2. The number of imide groups is 1. The van der Waals surface area contributed by atoms with Crippen molar-refractivity contribution < 1.29 is 14.3 Å². The number of likely N-dealkylation sites (tertiary alicyclic amines) is 1. The Morgan fingerprint density at radius 3 is 2.54 bits per heavy atom.